The zero-order valence-electron chi connectivity index (χ0n) is 25.4. The number of methoxy groups -OCH3 is 1. The lowest BCUT2D eigenvalue weighted by Gasteiger charge is -2.21. The molecule has 2 aromatic rings. The second kappa shape index (κ2) is 27.7. The second-order valence-electron chi connectivity index (χ2n) is 7.77. The Morgan fingerprint density at radius 2 is 1.74 bits per heavy atom. The average molecular weight is 552 g/mol. The number of hydrogen-bond donors (Lipinski definition) is 3. The Labute approximate surface area is 235 Å². The van der Waals surface area contributed by atoms with E-state index in [0.29, 0.717) is 30.0 Å². The van der Waals surface area contributed by atoms with Crippen molar-refractivity contribution < 1.29 is 18.6 Å². The molecule has 0 amide bonds. The molecule has 0 spiro atoms. The summed E-state index contributed by atoms with van der Waals surface area (Å²) < 4.78 is 33.1. The molecule has 2 rings (SSSR count). The lowest BCUT2D eigenvalue weighted by atomic mass is 9.94. The highest BCUT2D eigenvalue weighted by Gasteiger charge is 2.20. The largest absolute Gasteiger partial charge is 0.394 e. The van der Waals surface area contributed by atoms with Crippen molar-refractivity contribution in [1.82, 2.24) is 9.97 Å². The highest BCUT2D eigenvalue weighted by molar-refractivity contribution is 5.85. The van der Waals surface area contributed by atoms with E-state index >= 15 is 0 Å². The van der Waals surface area contributed by atoms with Crippen molar-refractivity contribution in [1.29, 1.82) is 5.41 Å². The summed E-state index contributed by atoms with van der Waals surface area (Å²) in [7, 11) is 1.55. The molecule has 1 unspecified atom stereocenters. The van der Waals surface area contributed by atoms with Gasteiger partial charge in [0.25, 0.3) is 0 Å². The third-order valence-electron chi connectivity index (χ3n) is 4.23. The van der Waals surface area contributed by atoms with E-state index in [-0.39, 0.29) is 23.5 Å². The monoisotopic (exact) mass is 551 g/mol. The van der Waals surface area contributed by atoms with Gasteiger partial charge in [-0.2, -0.15) is 0 Å². The number of amidine groups is 1. The molecule has 9 heteroatoms. The molecule has 0 aliphatic heterocycles. The summed E-state index contributed by atoms with van der Waals surface area (Å²) in [6.45, 7) is 24.8. The summed E-state index contributed by atoms with van der Waals surface area (Å²) >= 11 is 0. The zero-order chi connectivity index (χ0) is 31.4. The van der Waals surface area contributed by atoms with E-state index in [1.165, 1.54) is 36.8 Å². The highest BCUT2D eigenvalue weighted by atomic mass is 19.1. The van der Waals surface area contributed by atoms with Crippen LogP contribution in [-0.2, 0) is 4.74 Å². The molecule has 7 nitrogen and oxygen atoms in total. The van der Waals surface area contributed by atoms with Crippen molar-refractivity contribution in [3.63, 3.8) is 0 Å². The molecular weight excluding hydrogens is 500 g/mol. The summed E-state index contributed by atoms with van der Waals surface area (Å²) in [4.78, 5) is 12.2. The van der Waals surface area contributed by atoms with Gasteiger partial charge >= 0.3 is 0 Å². The predicted molar refractivity (Wildman–Crippen MR) is 164 cm³/mol. The molecule has 0 bridgehead atoms. The number of nitrogens with one attached hydrogen (secondary N) is 1. The summed E-state index contributed by atoms with van der Waals surface area (Å²) in [6, 6.07) is 4.00. The third-order valence-corrected chi connectivity index (χ3v) is 4.23. The Balaban J connectivity index is -0.000000403. The Morgan fingerprint density at radius 3 is 2.13 bits per heavy atom. The lowest BCUT2D eigenvalue weighted by molar-refractivity contribution is 0.135. The minimum absolute atomic E-state index is 0.122. The molecule has 222 valence electrons. The topological polar surface area (TPSA) is 117 Å². The van der Waals surface area contributed by atoms with Gasteiger partial charge in [-0.05, 0) is 36.9 Å². The molecule has 0 aliphatic rings. The molecule has 0 saturated heterocycles. The van der Waals surface area contributed by atoms with Crippen molar-refractivity contribution in [3.05, 3.63) is 72.6 Å². The Hall–Kier alpha value is -3.30. The van der Waals surface area contributed by atoms with Gasteiger partial charge in [0.05, 0.1) is 31.3 Å². The lowest BCUT2D eigenvalue weighted by Crippen LogP contribution is -2.29. The minimum Gasteiger partial charge on any atom is -0.394 e. The van der Waals surface area contributed by atoms with E-state index in [9.17, 15) is 8.78 Å². The van der Waals surface area contributed by atoms with Gasteiger partial charge in [-0.15, -0.1) is 13.2 Å². The number of ether oxygens (including phenoxy) is 1. The van der Waals surface area contributed by atoms with Crippen molar-refractivity contribution in [2.24, 2.45) is 16.1 Å². The molecule has 1 aromatic heterocycles. The smallest absolute Gasteiger partial charge is 0.150 e. The van der Waals surface area contributed by atoms with Gasteiger partial charge in [-0.25, -0.2) is 8.78 Å². The molecule has 39 heavy (non-hydrogen) atoms. The molecule has 0 radical (unpaired) electrons. The number of benzene rings is 1. The van der Waals surface area contributed by atoms with Crippen LogP contribution in [0.5, 0.6) is 0 Å². The minimum atomic E-state index is -0.540. The SMILES string of the molecule is C=C.C=N.CC.CC.CCC(N=C(N)C(C)(C)C)c1cc(/C=C(\F)c2cnccn2)ccc1F.COCCO. The van der Waals surface area contributed by atoms with E-state index < -0.39 is 11.9 Å². The van der Waals surface area contributed by atoms with Crippen LogP contribution in [0.15, 0.2) is 54.9 Å². The fourth-order valence-electron chi connectivity index (χ4n) is 2.38. The van der Waals surface area contributed by atoms with Crippen molar-refractivity contribution in [2.45, 2.75) is 67.9 Å². The van der Waals surface area contributed by atoms with Crippen molar-refractivity contribution >= 4 is 24.5 Å². The van der Waals surface area contributed by atoms with E-state index in [1.54, 1.807) is 13.2 Å². The molecule has 1 atom stereocenters. The van der Waals surface area contributed by atoms with Crippen LogP contribution in [0.1, 0.15) is 84.7 Å². The second-order valence-corrected chi connectivity index (χ2v) is 7.77. The van der Waals surface area contributed by atoms with Crippen LogP contribution < -0.4 is 5.73 Å². The summed E-state index contributed by atoms with van der Waals surface area (Å²) in [5.41, 5.74) is 6.78. The standard InChI is InChI=1S/C20H24F2N4.C3H8O2.2C2H6.C2H4.CH3N/c1-5-17(26-19(23)20(2,3)4)14-10-13(6-7-15(14)21)11-16(22)18-12-24-8-9-25-18;1-5-3-2-4;4*1-2/h6-12,17H,5H2,1-4H3,(H2,23,26);4H,2-3H2,1H3;2*1-2H3;1-2H2;2H,1H2/b16-11-;;;;;. The maximum Gasteiger partial charge on any atom is 0.150 e. The summed E-state index contributed by atoms with van der Waals surface area (Å²) in [5, 5.41) is 13.4. The zero-order valence-corrected chi connectivity index (χ0v) is 25.4. The van der Waals surface area contributed by atoms with Crippen LogP contribution in [0.2, 0.25) is 0 Å². The fraction of sp³-hybridized carbons (Fsp3) is 0.467. The number of aromatic nitrogens is 2. The number of hydrogen-bond acceptors (Lipinski definition) is 6. The van der Waals surface area contributed by atoms with Crippen LogP contribution in [0, 0.1) is 16.6 Å². The van der Waals surface area contributed by atoms with E-state index in [4.69, 9.17) is 16.2 Å². The number of aliphatic hydroxyl groups excluding tert-OH is 1. The number of nitrogens with zero attached hydrogens (tertiary/aromatic N) is 3. The predicted octanol–water partition coefficient (Wildman–Crippen LogP) is 7.68. The number of rotatable bonds is 7. The van der Waals surface area contributed by atoms with Crippen LogP contribution in [0.25, 0.3) is 11.9 Å². The highest BCUT2D eigenvalue weighted by Crippen LogP contribution is 2.28. The first-order valence-corrected chi connectivity index (χ1v) is 12.9. The van der Waals surface area contributed by atoms with E-state index in [2.05, 4.69) is 39.6 Å². The van der Waals surface area contributed by atoms with Gasteiger partial charge in [0.15, 0.2) is 5.83 Å². The molecular formula is C30H51F2N5O2. The Bertz CT molecular complexity index is 898. The first kappa shape index (κ1) is 42.8. The average Bonchev–Trinajstić information content (AvgIpc) is 2.97. The molecule has 0 saturated carbocycles. The number of nitrogens with two attached hydrogens (primary N) is 1. The van der Waals surface area contributed by atoms with Gasteiger partial charge in [0.2, 0.25) is 0 Å². The quantitative estimate of drug-likeness (QED) is 0.185. The van der Waals surface area contributed by atoms with Crippen LogP contribution in [0.3, 0.4) is 0 Å². The van der Waals surface area contributed by atoms with E-state index in [1.807, 2.05) is 55.4 Å². The van der Waals surface area contributed by atoms with Gasteiger partial charge in [0.1, 0.15) is 11.5 Å². The van der Waals surface area contributed by atoms with E-state index in [0.717, 1.165) is 0 Å². The van der Waals surface area contributed by atoms with Crippen molar-refractivity contribution in [2.75, 3.05) is 20.3 Å². The number of halogens is 2. The van der Waals surface area contributed by atoms with Crippen LogP contribution in [-0.4, -0.2) is 48.0 Å². The first-order valence-electron chi connectivity index (χ1n) is 12.9. The molecule has 1 aromatic carbocycles. The molecule has 4 N–H and O–H groups in total. The summed E-state index contributed by atoms with van der Waals surface area (Å²) in [6.07, 6.45) is 6.09. The van der Waals surface area contributed by atoms with Gasteiger partial charge in [-0.1, -0.05) is 61.5 Å². The van der Waals surface area contributed by atoms with Crippen LogP contribution >= 0.6 is 0 Å². The maximum atomic E-state index is 14.4. The van der Waals surface area contributed by atoms with Gasteiger partial charge in [0, 0.05) is 30.5 Å². The molecule has 0 aliphatic carbocycles. The van der Waals surface area contributed by atoms with Crippen LogP contribution in [0.4, 0.5) is 8.78 Å². The molecule has 0 fully saturated rings. The third kappa shape index (κ3) is 19.4. The van der Waals surface area contributed by atoms with Gasteiger partial charge in [-0.3, -0.25) is 15.0 Å². The number of aliphatic imine (C=N–C) groups is 1. The van der Waals surface area contributed by atoms with Gasteiger partial charge < -0.3 is 21.0 Å². The normalized spacial score (nSPS) is 11.2. The Morgan fingerprint density at radius 1 is 1.18 bits per heavy atom. The Kier molecular flexibility index (Phi) is 30.4. The van der Waals surface area contributed by atoms with Crippen molar-refractivity contribution in [3.8, 4) is 0 Å². The first-order chi connectivity index (χ1) is 18.6. The number of aliphatic hydroxyl groups is 1. The molecule has 1 heterocycles. The maximum absolute atomic E-state index is 14.4. The fourth-order valence-corrected chi connectivity index (χ4v) is 2.38. The summed E-state index contributed by atoms with van der Waals surface area (Å²) in [5.74, 6) is -0.476.